The average Bonchev–Trinajstić information content (AvgIpc) is 3.34. The van der Waals surface area contributed by atoms with Crippen LogP contribution in [0.3, 0.4) is 0 Å². The number of aromatic amines is 1. The van der Waals surface area contributed by atoms with Crippen molar-refractivity contribution in [3.8, 4) is 11.5 Å². The van der Waals surface area contributed by atoms with E-state index in [4.69, 9.17) is 9.47 Å². The van der Waals surface area contributed by atoms with E-state index in [9.17, 15) is 4.79 Å². The van der Waals surface area contributed by atoms with Gasteiger partial charge < -0.3 is 25.1 Å². The minimum Gasteiger partial charge on any atom is -0.486 e. The second-order valence-corrected chi connectivity index (χ2v) is 6.86. The van der Waals surface area contributed by atoms with Gasteiger partial charge in [-0.05, 0) is 36.8 Å². The Hall–Kier alpha value is -3.06. The second kappa shape index (κ2) is 6.59. The summed E-state index contributed by atoms with van der Waals surface area (Å²) in [5.74, 6) is 2.11. The van der Waals surface area contributed by atoms with Gasteiger partial charge in [-0.2, -0.15) is 0 Å². The van der Waals surface area contributed by atoms with Crippen molar-refractivity contribution in [2.45, 2.75) is 18.5 Å². The van der Waals surface area contributed by atoms with E-state index in [1.807, 2.05) is 24.3 Å². The van der Waals surface area contributed by atoms with Gasteiger partial charge in [-0.25, -0.2) is 4.98 Å². The summed E-state index contributed by atoms with van der Waals surface area (Å²) in [6.45, 7) is 1.75. The molecule has 1 fully saturated rings. The number of nitrogens with one attached hydrogen (secondary N) is 3. The quantitative estimate of drug-likeness (QED) is 0.663. The predicted molar refractivity (Wildman–Crippen MR) is 100 cm³/mol. The van der Waals surface area contributed by atoms with Crippen molar-refractivity contribution in [3.05, 3.63) is 53.9 Å². The lowest BCUT2D eigenvalue weighted by molar-refractivity contribution is 0.0938. The molecule has 2 aromatic carbocycles. The fourth-order valence-electron chi connectivity index (χ4n) is 3.64. The number of carbonyl (C=O) groups is 1. The van der Waals surface area contributed by atoms with Gasteiger partial charge in [-0.15, -0.1) is 0 Å². The van der Waals surface area contributed by atoms with Crippen LogP contribution < -0.4 is 20.1 Å². The summed E-state index contributed by atoms with van der Waals surface area (Å²) in [6.07, 6.45) is 0.788. The molecule has 3 aromatic rings. The minimum atomic E-state index is -0.107. The fourth-order valence-corrected chi connectivity index (χ4v) is 3.64. The number of fused-ring (bicyclic) bond motifs is 2. The molecule has 1 saturated heterocycles. The molecule has 2 aliphatic rings. The second-order valence-electron chi connectivity index (χ2n) is 6.86. The summed E-state index contributed by atoms with van der Waals surface area (Å²) in [5, 5.41) is 6.53. The minimum absolute atomic E-state index is 0.0453. The molecule has 3 heterocycles. The van der Waals surface area contributed by atoms with Crippen LogP contribution in [0.1, 0.15) is 28.6 Å². The fraction of sp³-hybridized carbons (Fsp3) is 0.300. The van der Waals surface area contributed by atoms with E-state index < -0.39 is 0 Å². The number of nitrogens with zero attached hydrogens (tertiary/aromatic N) is 1. The van der Waals surface area contributed by atoms with Gasteiger partial charge in [0, 0.05) is 18.2 Å². The van der Waals surface area contributed by atoms with Crippen LogP contribution in [0.4, 0.5) is 0 Å². The van der Waals surface area contributed by atoms with Crippen LogP contribution in [0.15, 0.2) is 42.5 Å². The zero-order valence-corrected chi connectivity index (χ0v) is 14.7. The molecule has 0 aliphatic carbocycles. The number of aromatic nitrogens is 2. The molecule has 7 heteroatoms. The van der Waals surface area contributed by atoms with Crippen LogP contribution in [-0.2, 0) is 0 Å². The van der Waals surface area contributed by atoms with Crippen LogP contribution in [0.5, 0.6) is 11.5 Å². The Balaban J connectivity index is 1.26. The number of hydrogen-bond acceptors (Lipinski definition) is 5. The third-order valence-corrected chi connectivity index (χ3v) is 5.01. The molecule has 2 unspecified atom stereocenters. The molecule has 1 amide bonds. The zero-order valence-electron chi connectivity index (χ0n) is 14.7. The molecular formula is C20H20N4O3. The van der Waals surface area contributed by atoms with Crippen LogP contribution >= 0.6 is 0 Å². The number of H-pyrrole nitrogens is 1. The van der Waals surface area contributed by atoms with Crippen molar-refractivity contribution in [2.24, 2.45) is 0 Å². The lowest BCUT2D eigenvalue weighted by atomic mass is 10.1. The van der Waals surface area contributed by atoms with Gasteiger partial charge in [0.25, 0.3) is 5.91 Å². The molecule has 0 saturated carbocycles. The van der Waals surface area contributed by atoms with Crippen molar-refractivity contribution in [3.63, 3.8) is 0 Å². The Morgan fingerprint density at radius 2 is 1.96 bits per heavy atom. The number of benzene rings is 2. The smallest absolute Gasteiger partial charge is 0.251 e. The van der Waals surface area contributed by atoms with Crippen molar-refractivity contribution in [1.82, 2.24) is 20.6 Å². The summed E-state index contributed by atoms with van der Waals surface area (Å²) in [5.41, 5.74) is 2.56. The van der Waals surface area contributed by atoms with Gasteiger partial charge in [0.15, 0.2) is 11.5 Å². The van der Waals surface area contributed by atoms with Crippen molar-refractivity contribution in [2.75, 3.05) is 19.8 Å². The number of hydrogen-bond donors (Lipinski definition) is 3. The summed E-state index contributed by atoms with van der Waals surface area (Å²) >= 11 is 0. The Morgan fingerprint density at radius 1 is 1.11 bits per heavy atom. The molecule has 7 nitrogen and oxygen atoms in total. The van der Waals surface area contributed by atoms with Gasteiger partial charge in [0.2, 0.25) is 0 Å². The van der Waals surface area contributed by atoms with E-state index in [0.717, 1.165) is 23.3 Å². The lowest BCUT2D eigenvalue weighted by Gasteiger charge is -2.19. The van der Waals surface area contributed by atoms with E-state index >= 15 is 0 Å². The van der Waals surface area contributed by atoms with Crippen molar-refractivity contribution in [1.29, 1.82) is 0 Å². The first-order valence-corrected chi connectivity index (χ1v) is 9.15. The molecule has 3 N–H and O–H groups in total. The molecule has 0 spiro atoms. The SMILES string of the molecule is O=C(NC1CNC(c2nc3ccccc3[nH]2)C1)c1ccc2c(c1)OCCO2. The first-order valence-electron chi connectivity index (χ1n) is 9.15. The van der Waals surface area contributed by atoms with Crippen LogP contribution in [0, 0.1) is 0 Å². The molecule has 1 aromatic heterocycles. The Bertz CT molecular complexity index is 967. The first-order chi connectivity index (χ1) is 13.3. The third kappa shape index (κ3) is 3.10. The molecule has 2 atom stereocenters. The van der Waals surface area contributed by atoms with Gasteiger partial charge in [-0.3, -0.25) is 4.79 Å². The number of carbonyl (C=O) groups excluding carboxylic acids is 1. The Labute approximate surface area is 156 Å². The first kappa shape index (κ1) is 16.1. The highest BCUT2D eigenvalue weighted by molar-refractivity contribution is 5.95. The summed E-state index contributed by atoms with van der Waals surface area (Å²) in [7, 11) is 0. The van der Waals surface area contributed by atoms with E-state index in [0.29, 0.717) is 36.8 Å². The maximum atomic E-state index is 12.6. The van der Waals surface area contributed by atoms with Gasteiger partial charge in [0.1, 0.15) is 19.0 Å². The van der Waals surface area contributed by atoms with Gasteiger partial charge >= 0.3 is 0 Å². The lowest BCUT2D eigenvalue weighted by Crippen LogP contribution is -2.36. The largest absolute Gasteiger partial charge is 0.486 e. The predicted octanol–water partition coefficient (Wildman–Crippen LogP) is 2.17. The molecule has 0 bridgehead atoms. The maximum Gasteiger partial charge on any atom is 0.251 e. The Morgan fingerprint density at radius 3 is 2.85 bits per heavy atom. The van der Waals surface area contributed by atoms with Gasteiger partial charge in [0.05, 0.1) is 17.1 Å². The number of para-hydroxylation sites is 2. The highest BCUT2D eigenvalue weighted by atomic mass is 16.6. The monoisotopic (exact) mass is 364 g/mol. The third-order valence-electron chi connectivity index (χ3n) is 5.01. The molecule has 2 aliphatic heterocycles. The molecule has 138 valence electrons. The van der Waals surface area contributed by atoms with E-state index in [-0.39, 0.29) is 18.0 Å². The molecule has 5 rings (SSSR count). The van der Waals surface area contributed by atoms with Crippen LogP contribution in [0.2, 0.25) is 0 Å². The maximum absolute atomic E-state index is 12.6. The van der Waals surface area contributed by atoms with E-state index in [1.54, 1.807) is 18.2 Å². The summed E-state index contributed by atoms with van der Waals surface area (Å²) in [4.78, 5) is 20.6. The highest BCUT2D eigenvalue weighted by Gasteiger charge is 2.29. The standard InChI is InChI=1S/C20H20N4O3/c25-20(12-5-6-17-18(9-12)27-8-7-26-17)22-13-10-16(21-11-13)19-23-14-3-1-2-4-15(14)24-19/h1-6,9,13,16,21H,7-8,10-11H2,(H,22,25)(H,23,24). The Kier molecular flexibility index (Phi) is 3.94. The van der Waals surface area contributed by atoms with E-state index in [1.165, 1.54) is 0 Å². The van der Waals surface area contributed by atoms with Crippen molar-refractivity contribution < 1.29 is 14.3 Å². The molecular weight excluding hydrogens is 344 g/mol. The summed E-state index contributed by atoms with van der Waals surface area (Å²) in [6, 6.07) is 13.4. The topological polar surface area (TPSA) is 88.3 Å². The number of rotatable bonds is 3. The van der Waals surface area contributed by atoms with Crippen LogP contribution in [-0.4, -0.2) is 41.7 Å². The number of imidazole rings is 1. The number of amides is 1. The zero-order chi connectivity index (χ0) is 18.2. The molecule has 27 heavy (non-hydrogen) atoms. The normalized spacial score (nSPS) is 21.3. The molecule has 0 radical (unpaired) electrons. The van der Waals surface area contributed by atoms with Crippen LogP contribution in [0.25, 0.3) is 11.0 Å². The summed E-state index contributed by atoms with van der Waals surface area (Å²) < 4.78 is 11.1. The number of ether oxygens (including phenoxy) is 2. The van der Waals surface area contributed by atoms with E-state index in [2.05, 4.69) is 20.6 Å². The average molecular weight is 364 g/mol. The van der Waals surface area contributed by atoms with Crippen molar-refractivity contribution >= 4 is 16.9 Å². The highest BCUT2D eigenvalue weighted by Crippen LogP contribution is 2.31. The van der Waals surface area contributed by atoms with Gasteiger partial charge in [-0.1, -0.05) is 12.1 Å².